The van der Waals surface area contributed by atoms with Gasteiger partial charge in [-0.2, -0.15) is 4.37 Å². The lowest BCUT2D eigenvalue weighted by molar-refractivity contribution is 0.627. The molecule has 0 atom stereocenters. The minimum atomic E-state index is 0.638. The lowest BCUT2D eigenvalue weighted by atomic mass is 10.1. The summed E-state index contributed by atoms with van der Waals surface area (Å²) in [5.74, 6) is 2.61. The lowest BCUT2D eigenvalue weighted by Gasteiger charge is -2.00. The molecule has 0 aromatic carbocycles. The topological polar surface area (TPSA) is 37.8 Å². The molecule has 0 aliphatic heterocycles. The van der Waals surface area contributed by atoms with E-state index in [2.05, 4.69) is 28.5 Å². The minimum absolute atomic E-state index is 0.638. The van der Waals surface area contributed by atoms with E-state index in [0.29, 0.717) is 5.92 Å². The summed E-state index contributed by atoms with van der Waals surface area (Å²) < 4.78 is 4.34. The monoisotopic (exact) mass is 225 g/mol. The Bertz CT molecular complexity index is 305. The normalized spacial score (nSPS) is 15.9. The van der Waals surface area contributed by atoms with Crippen LogP contribution in [0.3, 0.4) is 0 Å². The Kier molecular flexibility index (Phi) is 3.57. The standard InChI is InChI=1S/C11H19N3S/c1-8(2)7-10-13-11(15-14-10)12-6-5-9-3-4-9/h8-9H,3-7H2,1-2H3,(H,12,13,14). The zero-order valence-electron chi connectivity index (χ0n) is 9.49. The van der Waals surface area contributed by atoms with E-state index in [1.165, 1.54) is 30.8 Å². The smallest absolute Gasteiger partial charge is 0.202 e. The van der Waals surface area contributed by atoms with Crippen LogP contribution in [0.5, 0.6) is 0 Å². The molecule has 1 aromatic heterocycles. The Balaban J connectivity index is 1.73. The van der Waals surface area contributed by atoms with Crippen LogP contribution in [0.15, 0.2) is 0 Å². The molecule has 0 saturated heterocycles. The van der Waals surface area contributed by atoms with Crippen LogP contribution in [0.1, 0.15) is 38.9 Å². The number of nitrogens with one attached hydrogen (secondary N) is 1. The third-order valence-electron chi connectivity index (χ3n) is 2.58. The molecule has 0 spiro atoms. The highest BCUT2D eigenvalue weighted by Gasteiger charge is 2.20. The van der Waals surface area contributed by atoms with Gasteiger partial charge in [0.15, 0.2) is 0 Å². The molecule has 1 N–H and O–H groups in total. The van der Waals surface area contributed by atoms with Gasteiger partial charge in [-0.15, -0.1) is 0 Å². The Morgan fingerprint density at radius 3 is 2.93 bits per heavy atom. The van der Waals surface area contributed by atoms with Gasteiger partial charge in [0.25, 0.3) is 0 Å². The second kappa shape index (κ2) is 4.92. The molecular weight excluding hydrogens is 206 g/mol. The first kappa shape index (κ1) is 10.9. The number of anilines is 1. The van der Waals surface area contributed by atoms with Crippen molar-refractivity contribution in [3.8, 4) is 0 Å². The fourth-order valence-corrected chi connectivity index (χ4v) is 2.18. The highest BCUT2D eigenvalue weighted by atomic mass is 32.1. The molecule has 1 aromatic rings. The fraction of sp³-hybridized carbons (Fsp3) is 0.818. The molecule has 1 aliphatic carbocycles. The van der Waals surface area contributed by atoms with Crippen LogP contribution in [0.4, 0.5) is 5.13 Å². The molecule has 1 aliphatic rings. The third-order valence-corrected chi connectivity index (χ3v) is 3.30. The van der Waals surface area contributed by atoms with Crippen LogP contribution in [0.25, 0.3) is 0 Å². The largest absolute Gasteiger partial charge is 0.360 e. The first-order valence-corrected chi connectivity index (χ1v) is 6.58. The van der Waals surface area contributed by atoms with Crippen molar-refractivity contribution < 1.29 is 0 Å². The van der Waals surface area contributed by atoms with Gasteiger partial charge in [-0.05, 0) is 18.3 Å². The molecule has 0 amide bonds. The van der Waals surface area contributed by atoms with Crippen LogP contribution in [-0.2, 0) is 6.42 Å². The predicted octanol–water partition coefficient (Wildman–Crippen LogP) is 2.95. The number of rotatable bonds is 6. The Morgan fingerprint density at radius 2 is 2.27 bits per heavy atom. The fourth-order valence-electron chi connectivity index (χ4n) is 1.56. The van der Waals surface area contributed by atoms with E-state index < -0.39 is 0 Å². The van der Waals surface area contributed by atoms with Crippen molar-refractivity contribution in [2.75, 3.05) is 11.9 Å². The summed E-state index contributed by atoms with van der Waals surface area (Å²) in [6, 6.07) is 0. The summed E-state index contributed by atoms with van der Waals surface area (Å²) in [5, 5.41) is 4.35. The first-order chi connectivity index (χ1) is 7.24. The molecule has 84 valence electrons. The van der Waals surface area contributed by atoms with E-state index in [1.807, 2.05) is 0 Å². The van der Waals surface area contributed by atoms with Gasteiger partial charge in [0.1, 0.15) is 5.82 Å². The molecule has 1 saturated carbocycles. The number of nitrogens with zero attached hydrogens (tertiary/aromatic N) is 2. The van der Waals surface area contributed by atoms with Gasteiger partial charge in [-0.25, -0.2) is 4.98 Å². The Labute approximate surface area is 95.5 Å². The van der Waals surface area contributed by atoms with Gasteiger partial charge in [0.05, 0.1) is 0 Å². The Morgan fingerprint density at radius 1 is 1.47 bits per heavy atom. The number of hydrogen-bond donors (Lipinski definition) is 1. The summed E-state index contributed by atoms with van der Waals surface area (Å²) >= 11 is 1.49. The van der Waals surface area contributed by atoms with Crippen molar-refractivity contribution >= 4 is 16.7 Å². The van der Waals surface area contributed by atoms with Crippen LogP contribution in [0.2, 0.25) is 0 Å². The lowest BCUT2D eigenvalue weighted by Crippen LogP contribution is -2.02. The maximum absolute atomic E-state index is 4.46. The van der Waals surface area contributed by atoms with Crippen molar-refractivity contribution in [2.24, 2.45) is 11.8 Å². The van der Waals surface area contributed by atoms with Crippen molar-refractivity contribution in [3.05, 3.63) is 5.82 Å². The van der Waals surface area contributed by atoms with Crippen LogP contribution in [-0.4, -0.2) is 15.9 Å². The van der Waals surface area contributed by atoms with E-state index in [0.717, 1.165) is 29.8 Å². The van der Waals surface area contributed by atoms with E-state index in [-0.39, 0.29) is 0 Å². The number of hydrogen-bond acceptors (Lipinski definition) is 4. The predicted molar refractivity (Wildman–Crippen MR) is 64.3 cm³/mol. The summed E-state index contributed by atoms with van der Waals surface area (Å²) in [7, 11) is 0. The molecule has 0 radical (unpaired) electrons. The van der Waals surface area contributed by atoms with Crippen molar-refractivity contribution in [1.82, 2.24) is 9.36 Å². The van der Waals surface area contributed by atoms with Crippen LogP contribution in [0, 0.1) is 11.8 Å². The highest BCUT2D eigenvalue weighted by Crippen LogP contribution is 2.32. The first-order valence-electron chi connectivity index (χ1n) is 5.80. The van der Waals surface area contributed by atoms with Crippen LogP contribution < -0.4 is 5.32 Å². The average Bonchev–Trinajstić information content (AvgIpc) is 2.88. The van der Waals surface area contributed by atoms with Gasteiger partial charge in [0.2, 0.25) is 5.13 Å². The van der Waals surface area contributed by atoms with E-state index in [1.54, 1.807) is 0 Å². The second-order valence-electron chi connectivity index (χ2n) is 4.77. The molecule has 2 rings (SSSR count). The molecule has 4 heteroatoms. The molecular formula is C11H19N3S. The quantitative estimate of drug-likeness (QED) is 0.809. The molecule has 0 bridgehead atoms. The highest BCUT2D eigenvalue weighted by molar-refractivity contribution is 7.09. The summed E-state index contributed by atoms with van der Waals surface area (Å²) in [6.45, 7) is 5.45. The molecule has 1 fully saturated rings. The van der Waals surface area contributed by atoms with E-state index in [9.17, 15) is 0 Å². The van der Waals surface area contributed by atoms with Gasteiger partial charge >= 0.3 is 0 Å². The maximum atomic E-state index is 4.46. The van der Waals surface area contributed by atoms with Gasteiger partial charge in [-0.1, -0.05) is 26.7 Å². The molecule has 1 heterocycles. The van der Waals surface area contributed by atoms with Gasteiger partial charge in [-0.3, -0.25) is 0 Å². The van der Waals surface area contributed by atoms with Gasteiger partial charge in [0, 0.05) is 24.5 Å². The molecule has 0 unspecified atom stereocenters. The molecule has 3 nitrogen and oxygen atoms in total. The van der Waals surface area contributed by atoms with Crippen molar-refractivity contribution in [3.63, 3.8) is 0 Å². The third kappa shape index (κ3) is 3.78. The van der Waals surface area contributed by atoms with E-state index in [4.69, 9.17) is 0 Å². The second-order valence-corrected chi connectivity index (χ2v) is 5.52. The molecule has 15 heavy (non-hydrogen) atoms. The summed E-state index contributed by atoms with van der Waals surface area (Å²) in [6.07, 6.45) is 5.13. The van der Waals surface area contributed by atoms with Crippen molar-refractivity contribution in [1.29, 1.82) is 0 Å². The number of aromatic nitrogens is 2. The van der Waals surface area contributed by atoms with E-state index >= 15 is 0 Å². The summed E-state index contributed by atoms with van der Waals surface area (Å²) in [5.41, 5.74) is 0. The average molecular weight is 225 g/mol. The maximum Gasteiger partial charge on any atom is 0.202 e. The van der Waals surface area contributed by atoms with Crippen LogP contribution >= 0.6 is 11.5 Å². The summed E-state index contributed by atoms with van der Waals surface area (Å²) in [4.78, 5) is 4.46. The zero-order chi connectivity index (χ0) is 10.7. The Hall–Kier alpha value is -0.640. The zero-order valence-corrected chi connectivity index (χ0v) is 10.3. The van der Waals surface area contributed by atoms with Crippen molar-refractivity contribution in [2.45, 2.75) is 39.5 Å². The van der Waals surface area contributed by atoms with Gasteiger partial charge < -0.3 is 5.32 Å². The SMILES string of the molecule is CC(C)Cc1nsc(NCCC2CC2)n1. The minimum Gasteiger partial charge on any atom is -0.360 e.